The number of aromatic amines is 1. The van der Waals surface area contributed by atoms with Crippen LogP contribution in [0.5, 0.6) is 0 Å². The van der Waals surface area contributed by atoms with Gasteiger partial charge in [0.1, 0.15) is 5.82 Å². The van der Waals surface area contributed by atoms with E-state index in [1.54, 1.807) is 0 Å². The molecule has 1 N–H and O–H groups in total. The molecule has 0 radical (unpaired) electrons. The average molecular weight is 289 g/mol. The number of benzene rings is 2. The van der Waals surface area contributed by atoms with Crippen molar-refractivity contribution in [3.63, 3.8) is 0 Å². The van der Waals surface area contributed by atoms with Crippen LogP contribution >= 0.6 is 0 Å². The van der Waals surface area contributed by atoms with Gasteiger partial charge in [0.05, 0.1) is 23.0 Å². The summed E-state index contributed by atoms with van der Waals surface area (Å²) in [5, 5.41) is 0. The number of fused-ring (bicyclic) bond motifs is 3. The molecule has 1 fully saturated rings. The Hall–Kier alpha value is -2.62. The quantitative estimate of drug-likeness (QED) is 0.788. The second-order valence-corrected chi connectivity index (χ2v) is 6.19. The molecular formula is C18H15N3O. The normalized spacial score (nSPS) is 18.2. The van der Waals surface area contributed by atoms with E-state index in [2.05, 4.69) is 16.0 Å². The van der Waals surface area contributed by atoms with E-state index >= 15 is 0 Å². The van der Waals surface area contributed by atoms with Crippen molar-refractivity contribution in [2.75, 3.05) is 4.90 Å². The number of rotatable bonds is 2. The molecule has 1 saturated carbocycles. The van der Waals surface area contributed by atoms with E-state index in [9.17, 15) is 4.79 Å². The van der Waals surface area contributed by atoms with Gasteiger partial charge in [-0.3, -0.25) is 4.79 Å². The maximum Gasteiger partial charge on any atom is 0.238 e. The standard InChI is InChI=1S/C18H15N3O/c22-17-18(9-10-18)12-5-1-4-8-15(12)21(17)11-16-19-13-6-2-3-7-14(13)20-16/h1-8H,9-11H2,(H,19,20). The van der Waals surface area contributed by atoms with Crippen LogP contribution in [0.3, 0.4) is 0 Å². The molecule has 0 bridgehead atoms. The van der Waals surface area contributed by atoms with Gasteiger partial charge in [-0.2, -0.15) is 0 Å². The number of H-pyrrole nitrogens is 1. The molecule has 108 valence electrons. The van der Waals surface area contributed by atoms with Crippen molar-refractivity contribution >= 4 is 22.6 Å². The van der Waals surface area contributed by atoms with E-state index in [4.69, 9.17) is 0 Å². The lowest BCUT2D eigenvalue weighted by Gasteiger charge is -2.16. The highest BCUT2D eigenvalue weighted by Crippen LogP contribution is 2.57. The zero-order chi connectivity index (χ0) is 14.7. The van der Waals surface area contributed by atoms with Crippen LogP contribution in [0.2, 0.25) is 0 Å². The summed E-state index contributed by atoms with van der Waals surface area (Å²) in [4.78, 5) is 22.7. The molecule has 1 spiro atoms. The van der Waals surface area contributed by atoms with E-state index in [1.165, 1.54) is 5.56 Å². The van der Waals surface area contributed by atoms with Crippen LogP contribution in [-0.2, 0) is 16.8 Å². The third kappa shape index (κ3) is 1.47. The van der Waals surface area contributed by atoms with E-state index in [-0.39, 0.29) is 11.3 Å². The fraction of sp³-hybridized carbons (Fsp3) is 0.222. The highest BCUT2D eigenvalue weighted by atomic mass is 16.2. The van der Waals surface area contributed by atoms with E-state index in [0.29, 0.717) is 6.54 Å². The van der Waals surface area contributed by atoms with Crippen LogP contribution < -0.4 is 4.90 Å². The van der Waals surface area contributed by atoms with Gasteiger partial charge in [0, 0.05) is 5.69 Å². The zero-order valence-electron chi connectivity index (χ0n) is 12.0. The largest absolute Gasteiger partial charge is 0.340 e. The average Bonchev–Trinajstić information content (AvgIpc) is 3.20. The van der Waals surface area contributed by atoms with E-state index < -0.39 is 0 Å². The summed E-state index contributed by atoms with van der Waals surface area (Å²) in [7, 11) is 0. The Labute approximate surface area is 127 Å². The summed E-state index contributed by atoms with van der Waals surface area (Å²) in [6.07, 6.45) is 1.94. The number of imidazole rings is 1. The van der Waals surface area contributed by atoms with Gasteiger partial charge in [-0.25, -0.2) is 4.98 Å². The Bertz CT molecular complexity index is 874. The minimum atomic E-state index is -0.234. The number of nitrogens with one attached hydrogen (secondary N) is 1. The van der Waals surface area contributed by atoms with Crippen molar-refractivity contribution in [3.8, 4) is 0 Å². The summed E-state index contributed by atoms with van der Waals surface area (Å²) in [5.74, 6) is 1.07. The number of aromatic nitrogens is 2. The third-order valence-electron chi connectivity index (χ3n) is 4.86. The van der Waals surface area contributed by atoms with Gasteiger partial charge in [-0.1, -0.05) is 30.3 Å². The first-order valence-corrected chi connectivity index (χ1v) is 7.63. The van der Waals surface area contributed by atoms with Gasteiger partial charge in [0.25, 0.3) is 0 Å². The molecule has 3 aromatic rings. The van der Waals surface area contributed by atoms with Crippen molar-refractivity contribution in [2.45, 2.75) is 24.8 Å². The summed E-state index contributed by atoms with van der Waals surface area (Å²) in [6, 6.07) is 16.1. The first-order chi connectivity index (χ1) is 10.8. The Balaban J connectivity index is 1.57. The van der Waals surface area contributed by atoms with Gasteiger partial charge < -0.3 is 9.88 Å². The molecule has 2 aromatic carbocycles. The number of nitrogens with zero attached hydrogens (tertiary/aromatic N) is 2. The minimum Gasteiger partial charge on any atom is -0.340 e. The maximum atomic E-state index is 12.9. The van der Waals surface area contributed by atoms with Crippen LogP contribution in [0.25, 0.3) is 11.0 Å². The van der Waals surface area contributed by atoms with Crippen LogP contribution in [0.15, 0.2) is 48.5 Å². The number of hydrogen-bond donors (Lipinski definition) is 1. The number of hydrogen-bond acceptors (Lipinski definition) is 2. The van der Waals surface area contributed by atoms with Gasteiger partial charge in [-0.15, -0.1) is 0 Å². The molecule has 1 aromatic heterocycles. The second-order valence-electron chi connectivity index (χ2n) is 6.19. The summed E-state index contributed by atoms with van der Waals surface area (Å²) < 4.78 is 0. The Morgan fingerprint density at radius 2 is 1.86 bits per heavy atom. The fourth-order valence-electron chi connectivity index (χ4n) is 3.59. The van der Waals surface area contributed by atoms with Crippen LogP contribution in [0.4, 0.5) is 5.69 Å². The molecular weight excluding hydrogens is 274 g/mol. The molecule has 2 aliphatic rings. The van der Waals surface area contributed by atoms with Gasteiger partial charge >= 0.3 is 0 Å². The highest BCUT2D eigenvalue weighted by molar-refractivity contribution is 6.10. The van der Waals surface area contributed by atoms with Gasteiger partial charge in [0.2, 0.25) is 5.91 Å². The SMILES string of the molecule is O=C1N(Cc2nc3ccccc3[nH]2)c2ccccc2C12CC2. The lowest BCUT2D eigenvalue weighted by molar-refractivity contribution is -0.120. The lowest BCUT2D eigenvalue weighted by Crippen LogP contribution is -2.31. The monoisotopic (exact) mass is 289 g/mol. The Morgan fingerprint density at radius 3 is 2.68 bits per heavy atom. The molecule has 0 atom stereocenters. The van der Waals surface area contributed by atoms with Gasteiger partial charge in [-0.05, 0) is 36.6 Å². The van der Waals surface area contributed by atoms with E-state index in [0.717, 1.165) is 35.4 Å². The molecule has 1 aliphatic heterocycles. The van der Waals surface area contributed by atoms with Crippen LogP contribution in [0.1, 0.15) is 24.2 Å². The molecule has 1 aliphatic carbocycles. The first kappa shape index (κ1) is 12.0. The Kier molecular flexibility index (Phi) is 2.16. The third-order valence-corrected chi connectivity index (χ3v) is 4.86. The molecule has 22 heavy (non-hydrogen) atoms. The van der Waals surface area contributed by atoms with Crippen molar-refractivity contribution in [1.29, 1.82) is 0 Å². The van der Waals surface area contributed by atoms with Crippen molar-refractivity contribution in [2.24, 2.45) is 0 Å². The minimum absolute atomic E-state index is 0.231. The lowest BCUT2D eigenvalue weighted by atomic mass is 9.98. The maximum absolute atomic E-state index is 12.9. The highest BCUT2D eigenvalue weighted by Gasteiger charge is 2.58. The van der Waals surface area contributed by atoms with Crippen molar-refractivity contribution in [1.82, 2.24) is 9.97 Å². The van der Waals surface area contributed by atoms with Crippen LogP contribution in [0, 0.1) is 0 Å². The number of carbonyl (C=O) groups is 1. The molecule has 5 rings (SSSR count). The number of para-hydroxylation sites is 3. The van der Waals surface area contributed by atoms with Crippen molar-refractivity contribution < 1.29 is 4.79 Å². The number of anilines is 1. The number of carbonyl (C=O) groups excluding carboxylic acids is 1. The molecule has 0 unspecified atom stereocenters. The Morgan fingerprint density at radius 1 is 1.09 bits per heavy atom. The summed E-state index contributed by atoms with van der Waals surface area (Å²) in [5.41, 5.74) is 3.96. The molecule has 2 heterocycles. The molecule has 4 nitrogen and oxygen atoms in total. The smallest absolute Gasteiger partial charge is 0.238 e. The summed E-state index contributed by atoms with van der Waals surface area (Å²) >= 11 is 0. The molecule has 0 saturated heterocycles. The van der Waals surface area contributed by atoms with Crippen LogP contribution in [-0.4, -0.2) is 15.9 Å². The van der Waals surface area contributed by atoms with Gasteiger partial charge in [0.15, 0.2) is 0 Å². The fourth-order valence-corrected chi connectivity index (χ4v) is 3.59. The zero-order valence-corrected chi connectivity index (χ0v) is 12.0. The summed E-state index contributed by atoms with van der Waals surface area (Å²) in [6.45, 7) is 0.506. The second kappa shape index (κ2) is 3.97. The van der Waals surface area contributed by atoms with Crippen molar-refractivity contribution in [3.05, 3.63) is 59.9 Å². The molecule has 1 amide bonds. The topological polar surface area (TPSA) is 49.0 Å². The molecule has 4 heteroatoms. The predicted molar refractivity (Wildman–Crippen MR) is 84.6 cm³/mol. The predicted octanol–water partition coefficient (Wildman–Crippen LogP) is 3.14. The van der Waals surface area contributed by atoms with E-state index in [1.807, 2.05) is 47.4 Å². The first-order valence-electron chi connectivity index (χ1n) is 7.63. The number of amides is 1.